The summed E-state index contributed by atoms with van der Waals surface area (Å²) in [4.78, 5) is 12.1. The van der Waals surface area contributed by atoms with Crippen LogP contribution < -0.4 is 14.8 Å². The maximum Gasteiger partial charge on any atom is 0.246 e. The largest absolute Gasteiger partial charge is 0.497 e. The second kappa shape index (κ2) is 6.30. The molecule has 2 rings (SSSR count). The normalized spacial score (nSPS) is 10.3. The summed E-state index contributed by atoms with van der Waals surface area (Å²) >= 11 is 0. The van der Waals surface area contributed by atoms with Gasteiger partial charge in [0, 0.05) is 11.8 Å². The number of rotatable bonds is 5. The number of hydrogen-bond acceptors (Lipinski definition) is 4. The molecule has 1 heterocycles. The van der Waals surface area contributed by atoms with Crippen molar-refractivity contribution in [3.8, 4) is 11.5 Å². The molecule has 0 radical (unpaired) electrons. The van der Waals surface area contributed by atoms with E-state index in [9.17, 15) is 4.79 Å². The van der Waals surface area contributed by atoms with Crippen molar-refractivity contribution in [3.63, 3.8) is 0 Å². The van der Waals surface area contributed by atoms with Crippen molar-refractivity contribution < 1.29 is 14.3 Å². The fraction of sp³-hybridized carbons (Fsp3) is 0.333. The van der Waals surface area contributed by atoms with Crippen LogP contribution in [0.4, 0.5) is 5.69 Å². The van der Waals surface area contributed by atoms with Gasteiger partial charge in [-0.25, -0.2) is 0 Å². The Bertz CT molecular complexity index is 650. The number of benzene rings is 1. The Labute approximate surface area is 123 Å². The van der Waals surface area contributed by atoms with Gasteiger partial charge in [0.25, 0.3) is 0 Å². The molecule has 0 bridgehead atoms. The van der Waals surface area contributed by atoms with Gasteiger partial charge in [0.2, 0.25) is 5.91 Å². The number of nitrogens with zero attached hydrogens (tertiary/aromatic N) is 2. The molecular formula is C15H19N3O3. The summed E-state index contributed by atoms with van der Waals surface area (Å²) in [5.41, 5.74) is 2.44. The molecule has 1 N–H and O–H groups in total. The Kier molecular flexibility index (Phi) is 4.47. The van der Waals surface area contributed by atoms with Crippen LogP contribution in [-0.4, -0.2) is 29.9 Å². The van der Waals surface area contributed by atoms with E-state index in [2.05, 4.69) is 10.4 Å². The Morgan fingerprint density at radius 1 is 1.24 bits per heavy atom. The van der Waals surface area contributed by atoms with Gasteiger partial charge in [0.15, 0.2) is 0 Å². The maximum atomic E-state index is 12.1. The molecule has 0 saturated carbocycles. The van der Waals surface area contributed by atoms with Gasteiger partial charge in [0.05, 0.1) is 25.6 Å². The van der Waals surface area contributed by atoms with Crippen molar-refractivity contribution in [1.82, 2.24) is 9.78 Å². The fourth-order valence-corrected chi connectivity index (χ4v) is 2.06. The number of methoxy groups -OCH3 is 2. The predicted octanol–water partition coefficient (Wildman–Crippen LogP) is 2.16. The lowest BCUT2D eigenvalue weighted by atomic mass is 10.2. The standard InChI is InChI=1S/C15H19N3O3/c1-10-7-11(2)18(17-10)9-15(19)16-13-6-5-12(20-3)8-14(13)21-4/h5-8H,9H2,1-4H3,(H,16,19). The first-order chi connectivity index (χ1) is 10.0. The number of anilines is 1. The Balaban J connectivity index is 2.10. The van der Waals surface area contributed by atoms with Crippen molar-refractivity contribution in [3.05, 3.63) is 35.7 Å². The van der Waals surface area contributed by atoms with E-state index in [4.69, 9.17) is 9.47 Å². The third-order valence-corrected chi connectivity index (χ3v) is 3.08. The number of carbonyl (C=O) groups excluding carboxylic acids is 1. The zero-order valence-corrected chi connectivity index (χ0v) is 12.6. The van der Waals surface area contributed by atoms with E-state index in [0.29, 0.717) is 17.2 Å². The lowest BCUT2D eigenvalue weighted by Crippen LogP contribution is -2.20. The van der Waals surface area contributed by atoms with Crippen molar-refractivity contribution in [1.29, 1.82) is 0 Å². The number of aryl methyl sites for hydroxylation is 2. The molecule has 0 saturated heterocycles. The van der Waals surface area contributed by atoms with Crippen LogP contribution in [0.2, 0.25) is 0 Å². The van der Waals surface area contributed by atoms with Crippen molar-refractivity contribution in [2.45, 2.75) is 20.4 Å². The third kappa shape index (κ3) is 3.53. The second-order valence-corrected chi connectivity index (χ2v) is 4.70. The van der Waals surface area contributed by atoms with Crippen LogP contribution in [0.3, 0.4) is 0 Å². The monoisotopic (exact) mass is 289 g/mol. The fourth-order valence-electron chi connectivity index (χ4n) is 2.06. The highest BCUT2D eigenvalue weighted by Crippen LogP contribution is 2.28. The van der Waals surface area contributed by atoms with Gasteiger partial charge >= 0.3 is 0 Å². The quantitative estimate of drug-likeness (QED) is 0.916. The molecule has 0 unspecified atom stereocenters. The molecule has 0 fully saturated rings. The maximum absolute atomic E-state index is 12.1. The summed E-state index contributed by atoms with van der Waals surface area (Å²) in [6, 6.07) is 7.17. The summed E-state index contributed by atoms with van der Waals surface area (Å²) in [7, 11) is 3.13. The molecule has 0 aliphatic carbocycles. The van der Waals surface area contributed by atoms with Crippen LogP contribution >= 0.6 is 0 Å². The minimum Gasteiger partial charge on any atom is -0.497 e. The SMILES string of the molecule is COc1ccc(NC(=O)Cn2nc(C)cc2C)c(OC)c1. The molecule has 1 aromatic heterocycles. The summed E-state index contributed by atoms with van der Waals surface area (Å²) in [6.07, 6.45) is 0. The van der Waals surface area contributed by atoms with E-state index in [1.165, 1.54) is 0 Å². The first-order valence-electron chi connectivity index (χ1n) is 6.56. The van der Waals surface area contributed by atoms with E-state index >= 15 is 0 Å². The van der Waals surface area contributed by atoms with Crippen LogP contribution in [0.15, 0.2) is 24.3 Å². The minimum absolute atomic E-state index is 0.162. The number of hydrogen-bond donors (Lipinski definition) is 1. The van der Waals surface area contributed by atoms with E-state index in [1.807, 2.05) is 19.9 Å². The average molecular weight is 289 g/mol. The lowest BCUT2D eigenvalue weighted by Gasteiger charge is -2.12. The van der Waals surface area contributed by atoms with Gasteiger partial charge in [0.1, 0.15) is 18.0 Å². The first kappa shape index (κ1) is 14.9. The first-order valence-corrected chi connectivity index (χ1v) is 6.56. The van der Waals surface area contributed by atoms with E-state index in [1.54, 1.807) is 37.1 Å². The zero-order valence-electron chi connectivity index (χ0n) is 12.6. The third-order valence-electron chi connectivity index (χ3n) is 3.08. The molecule has 0 atom stereocenters. The highest BCUT2D eigenvalue weighted by molar-refractivity contribution is 5.92. The number of ether oxygens (including phenoxy) is 2. The molecule has 1 amide bonds. The van der Waals surface area contributed by atoms with Crippen molar-refractivity contribution in [2.24, 2.45) is 0 Å². The Hall–Kier alpha value is -2.50. The lowest BCUT2D eigenvalue weighted by molar-refractivity contribution is -0.116. The topological polar surface area (TPSA) is 65.4 Å². The highest BCUT2D eigenvalue weighted by atomic mass is 16.5. The average Bonchev–Trinajstić information content (AvgIpc) is 2.77. The molecule has 0 aliphatic heterocycles. The molecule has 21 heavy (non-hydrogen) atoms. The summed E-state index contributed by atoms with van der Waals surface area (Å²) < 4.78 is 12.0. The van der Waals surface area contributed by atoms with Crippen LogP contribution in [-0.2, 0) is 11.3 Å². The minimum atomic E-state index is -0.162. The highest BCUT2D eigenvalue weighted by Gasteiger charge is 2.11. The van der Waals surface area contributed by atoms with Crippen LogP contribution in [0, 0.1) is 13.8 Å². The van der Waals surface area contributed by atoms with Gasteiger partial charge < -0.3 is 14.8 Å². The Morgan fingerprint density at radius 2 is 2.00 bits per heavy atom. The summed E-state index contributed by atoms with van der Waals surface area (Å²) in [5, 5.41) is 7.08. The molecular weight excluding hydrogens is 270 g/mol. The number of amides is 1. The van der Waals surface area contributed by atoms with Gasteiger partial charge in [-0.1, -0.05) is 0 Å². The van der Waals surface area contributed by atoms with Gasteiger partial charge in [-0.05, 0) is 32.0 Å². The Morgan fingerprint density at radius 3 is 2.57 bits per heavy atom. The molecule has 0 spiro atoms. The summed E-state index contributed by atoms with van der Waals surface area (Å²) in [6.45, 7) is 3.98. The number of aromatic nitrogens is 2. The number of nitrogens with one attached hydrogen (secondary N) is 1. The predicted molar refractivity (Wildman–Crippen MR) is 79.9 cm³/mol. The van der Waals surface area contributed by atoms with Crippen LogP contribution in [0.25, 0.3) is 0 Å². The molecule has 112 valence electrons. The van der Waals surface area contributed by atoms with Crippen LogP contribution in [0.5, 0.6) is 11.5 Å². The number of carbonyl (C=O) groups is 1. The van der Waals surface area contributed by atoms with E-state index in [0.717, 1.165) is 11.4 Å². The van der Waals surface area contributed by atoms with Crippen molar-refractivity contribution >= 4 is 11.6 Å². The molecule has 2 aromatic rings. The van der Waals surface area contributed by atoms with Gasteiger partial charge in [-0.2, -0.15) is 5.10 Å². The van der Waals surface area contributed by atoms with Gasteiger partial charge in [-0.15, -0.1) is 0 Å². The van der Waals surface area contributed by atoms with E-state index < -0.39 is 0 Å². The molecule has 1 aromatic carbocycles. The molecule has 6 heteroatoms. The van der Waals surface area contributed by atoms with Gasteiger partial charge in [-0.3, -0.25) is 9.48 Å². The molecule has 6 nitrogen and oxygen atoms in total. The van der Waals surface area contributed by atoms with Crippen molar-refractivity contribution in [2.75, 3.05) is 19.5 Å². The smallest absolute Gasteiger partial charge is 0.246 e. The second-order valence-electron chi connectivity index (χ2n) is 4.70. The summed E-state index contributed by atoms with van der Waals surface area (Å²) in [5.74, 6) is 1.06. The molecule has 0 aliphatic rings. The van der Waals surface area contributed by atoms with E-state index in [-0.39, 0.29) is 12.5 Å². The zero-order chi connectivity index (χ0) is 15.4. The van der Waals surface area contributed by atoms with Crippen LogP contribution in [0.1, 0.15) is 11.4 Å².